The van der Waals surface area contributed by atoms with Gasteiger partial charge in [0.05, 0.1) is 0 Å². The van der Waals surface area contributed by atoms with Crippen molar-refractivity contribution in [2.45, 2.75) is 10.9 Å². The van der Waals surface area contributed by atoms with E-state index in [1.807, 2.05) is 0 Å². The van der Waals surface area contributed by atoms with Crippen LogP contribution in [0.3, 0.4) is 0 Å². The number of ether oxygens (including phenoxy) is 2. The number of esters is 2. The van der Waals surface area contributed by atoms with E-state index >= 15 is 0 Å². The van der Waals surface area contributed by atoms with Crippen LogP contribution in [0.15, 0.2) is 0 Å². The van der Waals surface area contributed by atoms with Gasteiger partial charge in [-0.1, -0.05) is 23.5 Å². The van der Waals surface area contributed by atoms with Crippen molar-refractivity contribution in [1.82, 2.24) is 0 Å². The molecule has 0 radical (unpaired) electrons. The summed E-state index contributed by atoms with van der Waals surface area (Å²) in [6, 6.07) is 0. The Bertz CT molecular complexity index is 216. The Morgan fingerprint density at radius 1 is 1.08 bits per heavy atom. The van der Waals surface area contributed by atoms with E-state index in [0.717, 1.165) is 11.5 Å². The number of thioether (sulfide) groups is 2. The molecule has 0 atom stereocenters. The van der Waals surface area contributed by atoms with Gasteiger partial charge in [0, 0.05) is 11.5 Å². The highest BCUT2D eigenvalue weighted by Crippen LogP contribution is 2.47. The molecule has 0 aromatic heterocycles. The van der Waals surface area contributed by atoms with Gasteiger partial charge >= 0.3 is 16.4 Å². The zero-order valence-corrected chi connectivity index (χ0v) is 7.70. The monoisotopic (exact) mass is 206 g/mol. The number of hydrogen-bond acceptors (Lipinski definition) is 6. The van der Waals surface area contributed by atoms with E-state index in [-0.39, 0.29) is 6.42 Å². The number of carbonyl (C=O) groups is 2. The van der Waals surface area contributed by atoms with Crippen LogP contribution < -0.4 is 0 Å². The fraction of sp³-hybridized carbons (Fsp3) is 0.667. The summed E-state index contributed by atoms with van der Waals surface area (Å²) in [5.41, 5.74) is 0. The average molecular weight is 206 g/mol. The Balaban J connectivity index is 2.14. The summed E-state index contributed by atoms with van der Waals surface area (Å²) >= 11 is 2.70. The van der Waals surface area contributed by atoms with E-state index in [1.165, 1.54) is 23.5 Å². The molecule has 0 unspecified atom stereocenters. The first kappa shape index (κ1) is 8.25. The normalized spacial score (nSPS) is 27.0. The van der Waals surface area contributed by atoms with E-state index in [0.29, 0.717) is 0 Å². The lowest BCUT2D eigenvalue weighted by atomic mass is 10.4. The minimum absolute atomic E-state index is 0.261. The molecule has 0 amide bonds. The van der Waals surface area contributed by atoms with Crippen molar-refractivity contribution in [3.63, 3.8) is 0 Å². The van der Waals surface area contributed by atoms with Crippen LogP contribution in [0, 0.1) is 0 Å². The number of rotatable bonds is 0. The van der Waals surface area contributed by atoms with Crippen molar-refractivity contribution < 1.29 is 19.1 Å². The van der Waals surface area contributed by atoms with Gasteiger partial charge in [0.1, 0.15) is 6.42 Å². The van der Waals surface area contributed by atoms with E-state index < -0.39 is 16.4 Å². The van der Waals surface area contributed by atoms with Crippen LogP contribution in [0.5, 0.6) is 0 Å². The molecule has 2 fully saturated rings. The van der Waals surface area contributed by atoms with Crippen LogP contribution in [0.2, 0.25) is 0 Å². The summed E-state index contributed by atoms with van der Waals surface area (Å²) in [5.74, 6) is 0.692. The molecule has 0 N–H and O–H groups in total. The molecular formula is C6H6O4S2. The van der Waals surface area contributed by atoms with E-state index in [4.69, 9.17) is 9.47 Å². The van der Waals surface area contributed by atoms with Crippen LogP contribution in [-0.2, 0) is 19.1 Å². The summed E-state index contributed by atoms with van der Waals surface area (Å²) in [6.07, 6.45) is -0.261. The first-order valence-electron chi connectivity index (χ1n) is 3.42. The van der Waals surface area contributed by atoms with Gasteiger partial charge < -0.3 is 9.47 Å². The second-order valence-corrected chi connectivity index (χ2v) is 5.05. The molecule has 0 aliphatic carbocycles. The SMILES string of the molecule is O=C1CC(=O)OC2(O1)SCCS2. The van der Waals surface area contributed by atoms with Crippen molar-refractivity contribution in [1.29, 1.82) is 0 Å². The second kappa shape index (κ2) is 2.85. The highest BCUT2D eigenvalue weighted by atomic mass is 32.2. The third-order valence-corrected chi connectivity index (χ3v) is 4.23. The van der Waals surface area contributed by atoms with Crippen molar-refractivity contribution in [2.24, 2.45) is 0 Å². The molecule has 0 bridgehead atoms. The second-order valence-electron chi connectivity index (χ2n) is 2.32. The quantitative estimate of drug-likeness (QED) is 0.426. The Hall–Kier alpha value is -0.360. The number of hydrogen-bond donors (Lipinski definition) is 0. The Morgan fingerprint density at radius 2 is 1.58 bits per heavy atom. The van der Waals surface area contributed by atoms with Gasteiger partial charge in [0.25, 0.3) is 0 Å². The van der Waals surface area contributed by atoms with Crippen molar-refractivity contribution >= 4 is 35.5 Å². The average Bonchev–Trinajstić information content (AvgIpc) is 2.33. The number of carbonyl (C=O) groups excluding carboxylic acids is 2. The molecule has 0 aromatic rings. The van der Waals surface area contributed by atoms with E-state index in [2.05, 4.69) is 0 Å². The van der Waals surface area contributed by atoms with Crippen LogP contribution in [0.1, 0.15) is 6.42 Å². The lowest BCUT2D eigenvalue weighted by molar-refractivity contribution is -0.193. The predicted octanol–water partition coefficient (Wildman–Crippen LogP) is 0.568. The maximum absolute atomic E-state index is 10.9. The van der Waals surface area contributed by atoms with Gasteiger partial charge in [-0.3, -0.25) is 9.59 Å². The highest BCUT2D eigenvalue weighted by Gasteiger charge is 2.47. The fourth-order valence-corrected chi connectivity index (χ4v) is 3.59. The molecule has 66 valence electrons. The van der Waals surface area contributed by atoms with Crippen molar-refractivity contribution in [3.05, 3.63) is 0 Å². The molecule has 1 spiro atoms. The Kier molecular flexibility index (Phi) is 1.96. The van der Waals surface area contributed by atoms with E-state index in [1.54, 1.807) is 0 Å². The zero-order valence-electron chi connectivity index (χ0n) is 6.07. The maximum atomic E-state index is 10.9. The van der Waals surface area contributed by atoms with Gasteiger partial charge in [0.2, 0.25) is 0 Å². The summed E-state index contributed by atoms with van der Waals surface area (Å²) in [6.45, 7) is 0. The molecule has 0 aromatic carbocycles. The molecule has 2 rings (SSSR count). The largest absolute Gasteiger partial charge is 0.403 e. The van der Waals surface area contributed by atoms with Gasteiger partial charge in [-0.2, -0.15) is 0 Å². The standard InChI is InChI=1S/C6H6O4S2/c7-4-3-5(8)10-6(9-4)11-1-2-12-6/h1-3H2. The highest BCUT2D eigenvalue weighted by molar-refractivity contribution is 8.20. The van der Waals surface area contributed by atoms with Gasteiger partial charge in [-0.15, -0.1) is 0 Å². The predicted molar refractivity (Wildman–Crippen MR) is 44.4 cm³/mol. The summed E-state index contributed by atoms with van der Waals surface area (Å²) in [4.78, 5) is 21.8. The van der Waals surface area contributed by atoms with Crippen LogP contribution >= 0.6 is 23.5 Å². The summed E-state index contributed by atoms with van der Waals surface area (Å²) in [7, 11) is 0. The van der Waals surface area contributed by atoms with Crippen molar-refractivity contribution in [2.75, 3.05) is 11.5 Å². The maximum Gasteiger partial charge on any atom is 0.358 e. The van der Waals surface area contributed by atoms with E-state index in [9.17, 15) is 9.59 Å². The molecule has 4 nitrogen and oxygen atoms in total. The van der Waals surface area contributed by atoms with Crippen LogP contribution in [0.25, 0.3) is 0 Å². The molecular weight excluding hydrogens is 200 g/mol. The minimum Gasteiger partial charge on any atom is -0.403 e. The molecule has 2 heterocycles. The third kappa shape index (κ3) is 1.40. The molecule has 2 aliphatic rings. The third-order valence-electron chi connectivity index (χ3n) is 1.41. The first-order valence-corrected chi connectivity index (χ1v) is 5.39. The molecule has 2 saturated heterocycles. The molecule has 0 saturated carbocycles. The van der Waals surface area contributed by atoms with Crippen LogP contribution in [-0.4, -0.2) is 27.9 Å². The minimum atomic E-state index is -1.05. The Labute approximate surface area is 77.3 Å². The topological polar surface area (TPSA) is 52.6 Å². The Morgan fingerprint density at radius 3 is 2.08 bits per heavy atom. The van der Waals surface area contributed by atoms with Gasteiger partial charge in [-0.25, -0.2) is 0 Å². The first-order chi connectivity index (χ1) is 5.70. The summed E-state index contributed by atoms with van der Waals surface area (Å²) in [5, 5.41) is 0. The molecule has 2 aliphatic heterocycles. The smallest absolute Gasteiger partial charge is 0.358 e. The fourth-order valence-electron chi connectivity index (χ4n) is 0.983. The zero-order chi connectivity index (χ0) is 8.60. The lowest BCUT2D eigenvalue weighted by Gasteiger charge is -2.29. The summed E-state index contributed by atoms with van der Waals surface area (Å²) < 4.78 is 8.85. The van der Waals surface area contributed by atoms with Crippen LogP contribution in [0.4, 0.5) is 0 Å². The van der Waals surface area contributed by atoms with Gasteiger partial charge in [0.15, 0.2) is 0 Å². The molecule has 12 heavy (non-hydrogen) atoms. The van der Waals surface area contributed by atoms with Crippen molar-refractivity contribution in [3.8, 4) is 0 Å². The molecule has 6 heteroatoms. The lowest BCUT2D eigenvalue weighted by Crippen LogP contribution is -2.38. The van der Waals surface area contributed by atoms with Gasteiger partial charge in [-0.05, 0) is 0 Å².